The average Bonchev–Trinajstić information content (AvgIpc) is 3.26. The molecular weight excluding hydrogens is 431 g/mol. The van der Waals surface area contributed by atoms with Gasteiger partial charge in [-0.1, -0.05) is 23.4 Å². The third kappa shape index (κ3) is 4.92. The van der Waals surface area contributed by atoms with E-state index in [1.54, 1.807) is 26.4 Å². The first kappa shape index (κ1) is 22.2. The molecular formula is C26H20F3NO3. The molecule has 0 aliphatic rings. The highest BCUT2D eigenvalue weighted by molar-refractivity contribution is 5.86. The quantitative estimate of drug-likeness (QED) is 0.311. The lowest BCUT2D eigenvalue weighted by molar-refractivity contribution is -0.137. The van der Waals surface area contributed by atoms with Crippen LogP contribution >= 0.6 is 0 Å². The van der Waals surface area contributed by atoms with E-state index in [0.29, 0.717) is 34.1 Å². The first-order chi connectivity index (χ1) is 15.9. The Morgan fingerprint density at radius 3 is 1.79 bits per heavy atom. The molecule has 33 heavy (non-hydrogen) atoms. The van der Waals surface area contributed by atoms with E-state index in [-0.39, 0.29) is 0 Å². The molecule has 0 fully saturated rings. The fourth-order valence-electron chi connectivity index (χ4n) is 3.32. The summed E-state index contributed by atoms with van der Waals surface area (Å²) in [5, 5.41) is 4.27. The number of alkyl halides is 3. The lowest BCUT2D eigenvalue weighted by Crippen LogP contribution is -2.03. The van der Waals surface area contributed by atoms with Crippen LogP contribution in [0.15, 0.2) is 77.3 Å². The van der Waals surface area contributed by atoms with Gasteiger partial charge in [0.2, 0.25) is 0 Å². The molecule has 0 amide bonds. The lowest BCUT2D eigenvalue weighted by atomic mass is 10.0. The van der Waals surface area contributed by atoms with Crippen LogP contribution in [0.25, 0.3) is 34.7 Å². The van der Waals surface area contributed by atoms with Crippen molar-refractivity contribution in [1.82, 2.24) is 5.16 Å². The number of methoxy groups -OCH3 is 2. The smallest absolute Gasteiger partial charge is 0.416 e. The van der Waals surface area contributed by atoms with Crippen LogP contribution in [0.1, 0.15) is 16.7 Å². The standard InChI is InChI=1S/C26H20F3NO3/c1-31-21-12-6-18(7-13-21)24-23(16-5-17-3-10-20(11-4-17)26(27,28)29)25(33-30-24)19-8-14-22(32-2)15-9-19/h3-16H,1-2H3/b16-5+. The highest BCUT2D eigenvalue weighted by Crippen LogP contribution is 2.35. The lowest BCUT2D eigenvalue weighted by Gasteiger charge is -2.06. The summed E-state index contributed by atoms with van der Waals surface area (Å²) in [5.41, 5.74) is 2.83. The zero-order valence-corrected chi connectivity index (χ0v) is 17.9. The molecule has 0 unspecified atom stereocenters. The van der Waals surface area contributed by atoms with E-state index in [0.717, 1.165) is 23.3 Å². The number of ether oxygens (including phenoxy) is 2. The topological polar surface area (TPSA) is 44.5 Å². The molecule has 0 aliphatic heterocycles. The van der Waals surface area contributed by atoms with Gasteiger partial charge in [0.15, 0.2) is 5.76 Å². The summed E-state index contributed by atoms with van der Waals surface area (Å²) in [5.74, 6) is 1.95. The molecule has 4 nitrogen and oxygen atoms in total. The molecule has 0 radical (unpaired) electrons. The van der Waals surface area contributed by atoms with Gasteiger partial charge in [0.1, 0.15) is 17.2 Å². The Hall–Kier alpha value is -4.00. The van der Waals surface area contributed by atoms with E-state index in [1.807, 2.05) is 48.5 Å². The molecule has 0 atom stereocenters. The normalized spacial score (nSPS) is 11.7. The molecule has 168 valence electrons. The molecule has 0 spiro atoms. The highest BCUT2D eigenvalue weighted by atomic mass is 19.4. The summed E-state index contributed by atoms with van der Waals surface area (Å²) in [4.78, 5) is 0. The minimum atomic E-state index is -4.38. The average molecular weight is 451 g/mol. The molecule has 1 aromatic heterocycles. The van der Waals surface area contributed by atoms with Crippen molar-refractivity contribution in [2.45, 2.75) is 6.18 Å². The van der Waals surface area contributed by atoms with Gasteiger partial charge in [-0.05, 0) is 72.3 Å². The monoisotopic (exact) mass is 451 g/mol. The maximum absolute atomic E-state index is 12.9. The van der Waals surface area contributed by atoms with Gasteiger partial charge < -0.3 is 14.0 Å². The number of hydrogen-bond donors (Lipinski definition) is 0. The molecule has 0 aliphatic carbocycles. The van der Waals surface area contributed by atoms with E-state index in [9.17, 15) is 13.2 Å². The third-order valence-corrected chi connectivity index (χ3v) is 5.12. The van der Waals surface area contributed by atoms with Gasteiger partial charge in [0, 0.05) is 11.1 Å². The number of nitrogens with zero attached hydrogens (tertiary/aromatic N) is 1. The minimum absolute atomic E-state index is 0.534. The third-order valence-electron chi connectivity index (χ3n) is 5.12. The van der Waals surface area contributed by atoms with Crippen LogP contribution in [0.5, 0.6) is 11.5 Å². The van der Waals surface area contributed by atoms with Gasteiger partial charge in [-0.25, -0.2) is 0 Å². The first-order valence-electron chi connectivity index (χ1n) is 10.0. The van der Waals surface area contributed by atoms with Crippen LogP contribution in [0.2, 0.25) is 0 Å². The van der Waals surface area contributed by atoms with Gasteiger partial charge in [-0.3, -0.25) is 0 Å². The summed E-state index contributed by atoms with van der Waals surface area (Å²) in [6.07, 6.45) is -0.856. The van der Waals surface area contributed by atoms with Gasteiger partial charge in [-0.15, -0.1) is 0 Å². The second-order valence-electron chi connectivity index (χ2n) is 7.18. The summed E-state index contributed by atoms with van der Waals surface area (Å²) in [7, 11) is 3.18. The molecule has 0 bridgehead atoms. The molecule has 0 saturated carbocycles. The second-order valence-corrected chi connectivity index (χ2v) is 7.18. The summed E-state index contributed by atoms with van der Waals surface area (Å²) in [6, 6.07) is 19.7. The molecule has 4 rings (SSSR count). The number of rotatable bonds is 6. The van der Waals surface area contributed by atoms with Crippen molar-refractivity contribution >= 4 is 12.2 Å². The van der Waals surface area contributed by atoms with Crippen molar-refractivity contribution in [3.05, 3.63) is 89.5 Å². The zero-order valence-electron chi connectivity index (χ0n) is 17.9. The fraction of sp³-hybridized carbons (Fsp3) is 0.115. The van der Waals surface area contributed by atoms with Crippen LogP contribution in [-0.4, -0.2) is 19.4 Å². The predicted octanol–water partition coefficient (Wildman–Crippen LogP) is 7.22. The first-order valence-corrected chi connectivity index (χ1v) is 10.0. The van der Waals surface area contributed by atoms with Crippen LogP contribution in [0, 0.1) is 0 Å². The number of halogens is 3. The Morgan fingerprint density at radius 1 is 0.727 bits per heavy atom. The number of hydrogen-bond acceptors (Lipinski definition) is 4. The van der Waals surface area contributed by atoms with E-state index >= 15 is 0 Å². The summed E-state index contributed by atoms with van der Waals surface area (Å²) < 4.78 is 54.7. The van der Waals surface area contributed by atoms with Crippen molar-refractivity contribution in [3.63, 3.8) is 0 Å². The molecule has 0 N–H and O–H groups in total. The molecule has 1 heterocycles. The molecule has 7 heteroatoms. The van der Waals surface area contributed by atoms with Crippen molar-refractivity contribution < 1.29 is 27.2 Å². The van der Waals surface area contributed by atoms with Gasteiger partial charge >= 0.3 is 6.18 Å². The zero-order chi connectivity index (χ0) is 23.4. The van der Waals surface area contributed by atoms with E-state index < -0.39 is 11.7 Å². The van der Waals surface area contributed by atoms with Crippen LogP contribution in [-0.2, 0) is 6.18 Å². The number of benzene rings is 3. The predicted molar refractivity (Wildman–Crippen MR) is 121 cm³/mol. The Morgan fingerprint density at radius 2 is 1.27 bits per heavy atom. The second kappa shape index (κ2) is 9.24. The molecule has 4 aromatic rings. The summed E-state index contributed by atoms with van der Waals surface area (Å²) >= 11 is 0. The van der Waals surface area contributed by atoms with Crippen molar-refractivity contribution in [2.75, 3.05) is 14.2 Å². The SMILES string of the molecule is COc1ccc(-c2noc(-c3ccc(OC)cc3)c2/C=C/c2ccc(C(F)(F)F)cc2)cc1. The van der Waals surface area contributed by atoms with Gasteiger partial charge in [0.25, 0.3) is 0 Å². The number of aromatic nitrogens is 1. The Labute approximate surface area is 188 Å². The van der Waals surface area contributed by atoms with Gasteiger partial charge in [-0.2, -0.15) is 13.2 Å². The largest absolute Gasteiger partial charge is 0.497 e. The highest BCUT2D eigenvalue weighted by Gasteiger charge is 2.29. The Kier molecular flexibility index (Phi) is 6.22. The van der Waals surface area contributed by atoms with E-state index in [1.165, 1.54) is 12.1 Å². The Balaban J connectivity index is 1.75. The van der Waals surface area contributed by atoms with Crippen molar-refractivity contribution in [2.24, 2.45) is 0 Å². The minimum Gasteiger partial charge on any atom is -0.497 e. The molecule has 3 aromatic carbocycles. The molecule has 0 saturated heterocycles. The van der Waals surface area contributed by atoms with Crippen molar-refractivity contribution in [3.8, 4) is 34.1 Å². The van der Waals surface area contributed by atoms with E-state index in [2.05, 4.69) is 5.16 Å². The van der Waals surface area contributed by atoms with E-state index in [4.69, 9.17) is 14.0 Å². The fourth-order valence-corrected chi connectivity index (χ4v) is 3.32. The van der Waals surface area contributed by atoms with Crippen LogP contribution < -0.4 is 9.47 Å². The Bertz CT molecular complexity index is 1180. The van der Waals surface area contributed by atoms with Crippen LogP contribution in [0.4, 0.5) is 13.2 Å². The maximum atomic E-state index is 12.9. The van der Waals surface area contributed by atoms with Crippen LogP contribution in [0.3, 0.4) is 0 Å². The maximum Gasteiger partial charge on any atom is 0.416 e. The summed E-state index contributed by atoms with van der Waals surface area (Å²) in [6.45, 7) is 0. The van der Waals surface area contributed by atoms with Gasteiger partial charge in [0.05, 0.1) is 25.3 Å². The van der Waals surface area contributed by atoms with Crippen molar-refractivity contribution in [1.29, 1.82) is 0 Å².